The first-order valence-corrected chi connectivity index (χ1v) is 9.57. The Labute approximate surface area is 162 Å². The Bertz CT molecular complexity index is 731. The zero-order valence-corrected chi connectivity index (χ0v) is 16.2. The maximum atomic E-state index is 12.3. The van der Waals surface area contributed by atoms with E-state index in [0.717, 1.165) is 25.9 Å². The van der Waals surface area contributed by atoms with E-state index in [1.807, 2.05) is 5.32 Å². The second-order valence-corrected chi connectivity index (χ2v) is 8.00. The van der Waals surface area contributed by atoms with Gasteiger partial charge in [0.1, 0.15) is 12.3 Å². The normalized spacial score (nSPS) is 23.0. The van der Waals surface area contributed by atoms with Gasteiger partial charge in [0, 0.05) is 19.5 Å². The van der Waals surface area contributed by atoms with Crippen LogP contribution >= 0.6 is 0 Å². The van der Waals surface area contributed by atoms with Crippen molar-refractivity contribution in [2.45, 2.75) is 57.3 Å². The highest BCUT2D eigenvalue weighted by Gasteiger charge is 2.44. The van der Waals surface area contributed by atoms with Gasteiger partial charge < -0.3 is 10.2 Å². The maximum Gasteiger partial charge on any atom is 0.405 e. The number of hydrogen-bond acceptors (Lipinski definition) is 4. The molecule has 1 atom stereocenters. The molecule has 8 heteroatoms. The molecule has 0 bridgehead atoms. The van der Waals surface area contributed by atoms with Crippen LogP contribution in [0.1, 0.15) is 50.2 Å². The molecule has 0 saturated carbocycles. The van der Waals surface area contributed by atoms with Gasteiger partial charge in [-0.25, -0.2) is 0 Å². The molecule has 1 unspecified atom stereocenters. The van der Waals surface area contributed by atoms with Crippen molar-refractivity contribution in [2.75, 3.05) is 19.6 Å². The summed E-state index contributed by atoms with van der Waals surface area (Å²) in [6.45, 7) is 5.22. The Morgan fingerprint density at radius 2 is 2.04 bits per heavy atom. The van der Waals surface area contributed by atoms with Crippen LogP contribution in [-0.2, 0) is 16.2 Å². The predicted molar refractivity (Wildman–Crippen MR) is 100.0 cm³/mol. The van der Waals surface area contributed by atoms with Crippen LogP contribution in [0.5, 0.6) is 0 Å². The van der Waals surface area contributed by atoms with Crippen molar-refractivity contribution in [3.8, 4) is 0 Å². The lowest BCUT2D eigenvalue weighted by Gasteiger charge is -2.38. The Hall–Kier alpha value is -2.09. The molecule has 2 heterocycles. The van der Waals surface area contributed by atoms with Crippen LogP contribution in [0.25, 0.3) is 0 Å². The van der Waals surface area contributed by atoms with Crippen LogP contribution in [0.2, 0.25) is 0 Å². The summed E-state index contributed by atoms with van der Waals surface area (Å²) >= 11 is 0. The highest BCUT2D eigenvalue weighted by molar-refractivity contribution is 6.39. The number of carbonyl (C=O) groups excluding carboxylic acids is 1. The van der Waals surface area contributed by atoms with E-state index in [0.29, 0.717) is 12.5 Å². The third-order valence-corrected chi connectivity index (χ3v) is 5.22. The van der Waals surface area contributed by atoms with Crippen molar-refractivity contribution >= 4 is 11.6 Å². The molecule has 1 aromatic rings. The summed E-state index contributed by atoms with van der Waals surface area (Å²) in [5, 5.41) is 5.66. The molecule has 2 aliphatic rings. The molecule has 0 radical (unpaired) electrons. The zero-order valence-electron chi connectivity index (χ0n) is 16.2. The minimum atomic E-state index is -4.44. The van der Waals surface area contributed by atoms with E-state index in [4.69, 9.17) is 4.84 Å². The number of oxime groups is 1. The van der Waals surface area contributed by atoms with E-state index in [2.05, 4.69) is 48.2 Å². The third kappa shape index (κ3) is 5.25. The molecule has 1 fully saturated rings. The SMILES string of the molecule is CC(C)c1ccc(CN2CCCC3(CC(C(=O)NCC(F)(F)F)=NO3)C2)cc1. The van der Waals surface area contributed by atoms with Gasteiger partial charge in [-0.3, -0.25) is 9.69 Å². The predicted octanol–water partition coefficient (Wildman–Crippen LogP) is 3.60. The van der Waals surface area contributed by atoms with Gasteiger partial charge >= 0.3 is 6.18 Å². The smallest absolute Gasteiger partial charge is 0.387 e. The average molecular weight is 397 g/mol. The number of likely N-dealkylation sites (tertiary alicyclic amines) is 1. The highest BCUT2D eigenvalue weighted by atomic mass is 19.4. The minimum Gasteiger partial charge on any atom is -0.387 e. The van der Waals surface area contributed by atoms with Gasteiger partial charge in [-0.2, -0.15) is 13.2 Å². The number of rotatable bonds is 5. The van der Waals surface area contributed by atoms with Crippen molar-refractivity contribution < 1.29 is 22.8 Å². The van der Waals surface area contributed by atoms with Crippen LogP contribution in [0.15, 0.2) is 29.4 Å². The third-order valence-electron chi connectivity index (χ3n) is 5.22. The van der Waals surface area contributed by atoms with E-state index in [1.54, 1.807) is 0 Å². The second kappa shape index (κ2) is 8.11. The molecule has 1 amide bonds. The largest absolute Gasteiger partial charge is 0.405 e. The summed E-state index contributed by atoms with van der Waals surface area (Å²) in [7, 11) is 0. The summed E-state index contributed by atoms with van der Waals surface area (Å²) in [6, 6.07) is 8.52. The standard InChI is InChI=1S/C20H26F3N3O2/c1-14(2)16-6-4-15(5-7-16)11-26-9-3-8-19(13-26)10-17(25-28-19)18(27)24-12-20(21,22)23/h4-7,14H,3,8-13H2,1-2H3,(H,24,27). The Morgan fingerprint density at radius 3 is 2.68 bits per heavy atom. The monoisotopic (exact) mass is 397 g/mol. The molecule has 1 spiro atoms. The number of benzene rings is 1. The number of amides is 1. The van der Waals surface area contributed by atoms with Crippen molar-refractivity contribution in [1.29, 1.82) is 0 Å². The average Bonchev–Trinajstić information content (AvgIpc) is 3.03. The summed E-state index contributed by atoms with van der Waals surface area (Å²) in [5.74, 6) is -0.325. The number of carbonyl (C=O) groups is 1. The molecular weight excluding hydrogens is 371 g/mol. The number of piperidine rings is 1. The lowest BCUT2D eigenvalue weighted by molar-refractivity contribution is -0.134. The second-order valence-electron chi connectivity index (χ2n) is 8.00. The Kier molecular flexibility index (Phi) is 5.98. The molecule has 0 aliphatic carbocycles. The van der Waals surface area contributed by atoms with Crippen LogP contribution in [0.4, 0.5) is 13.2 Å². The quantitative estimate of drug-likeness (QED) is 0.826. The fraction of sp³-hybridized carbons (Fsp3) is 0.600. The van der Waals surface area contributed by atoms with E-state index in [-0.39, 0.29) is 12.1 Å². The molecule has 28 heavy (non-hydrogen) atoms. The first-order chi connectivity index (χ1) is 13.2. The summed E-state index contributed by atoms with van der Waals surface area (Å²) in [5.41, 5.74) is 1.90. The fourth-order valence-corrected chi connectivity index (χ4v) is 3.74. The lowest BCUT2D eigenvalue weighted by Crippen LogP contribution is -2.48. The summed E-state index contributed by atoms with van der Waals surface area (Å²) < 4.78 is 36.9. The number of halogens is 3. The number of nitrogens with one attached hydrogen (secondary N) is 1. The van der Waals surface area contributed by atoms with Crippen molar-refractivity contribution in [3.05, 3.63) is 35.4 Å². The first kappa shape index (κ1) is 20.6. The van der Waals surface area contributed by atoms with Crippen LogP contribution in [0, 0.1) is 0 Å². The van der Waals surface area contributed by atoms with E-state index >= 15 is 0 Å². The molecule has 3 rings (SSSR count). The van der Waals surface area contributed by atoms with Crippen LogP contribution in [0.3, 0.4) is 0 Å². The van der Waals surface area contributed by atoms with Gasteiger partial charge in [-0.05, 0) is 36.4 Å². The van der Waals surface area contributed by atoms with Crippen molar-refractivity contribution in [2.24, 2.45) is 5.16 Å². The molecule has 5 nitrogen and oxygen atoms in total. The molecule has 154 valence electrons. The number of alkyl halides is 3. The molecule has 1 N–H and O–H groups in total. The maximum absolute atomic E-state index is 12.3. The molecule has 1 saturated heterocycles. The van der Waals surface area contributed by atoms with E-state index in [9.17, 15) is 18.0 Å². The lowest BCUT2D eigenvalue weighted by atomic mass is 9.87. The fourth-order valence-electron chi connectivity index (χ4n) is 3.74. The van der Waals surface area contributed by atoms with Crippen LogP contribution < -0.4 is 5.32 Å². The van der Waals surface area contributed by atoms with Gasteiger partial charge in [0.15, 0.2) is 5.60 Å². The molecule has 1 aromatic carbocycles. The number of hydrogen-bond donors (Lipinski definition) is 1. The van der Waals surface area contributed by atoms with E-state index < -0.39 is 24.2 Å². The number of nitrogens with zero attached hydrogens (tertiary/aromatic N) is 2. The van der Waals surface area contributed by atoms with Crippen LogP contribution in [-0.4, -0.2) is 47.9 Å². The van der Waals surface area contributed by atoms with Gasteiger partial charge in [-0.1, -0.05) is 43.3 Å². The Balaban J connectivity index is 1.55. The molecule has 0 aromatic heterocycles. The summed E-state index contributed by atoms with van der Waals surface area (Å²) in [4.78, 5) is 19.8. The topological polar surface area (TPSA) is 53.9 Å². The highest BCUT2D eigenvalue weighted by Crippen LogP contribution is 2.34. The Morgan fingerprint density at radius 1 is 1.32 bits per heavy atom. The zero-order chi connectivity index (χ0) is 20.4. The van der Waals surface area contributed by atoms with Crippen molar-refractivity contribution in [1.82, 2.24) is 10.2 Å². The van der Waals surface area contributed by atoms with Gasteiger partial charge in [0.25, 0.3) is 5.91 Å². The van der Waals surface area contributed by atoms with E-state index in [1.165, 1.54) is 11.1 Å². The minimum absolute atomic E-state index is 0.0346. The first-order valence-electron chi connectivity index (χ1n) is 9.57. The van der Waals surface area contributed by atoms with Gasteiger partial charge in [-0.15, -0.1) is 0 Å². The van der Waals surface area contributed by atoms with Gasteiger partial charge in [0.05, 0.1) is 0 Å². The molecule has 2 aliphatic heterocycles. The van der Waals surface area contributed by atoms with Crippen molar-refractivity contribution in [3.63, 3.8) is 0 Å². The summed E-state index contributed by atoms with van der Waals surface area (Å²) in [6.07, 6.45) is -2.59. The van der Waals surface area contributed by atoms with Gasteiger partial charge in [0.2, 0.25) is 0 Å². The molecular formula is C20H26F3N3O2.